The molecule has 0 spiro atoms. The van der Waals surface area contributed by atoms with Crippen LogP contribution in [0.2, 0.25) is 0 Å². The van der Waals surface area contributed by atoms with Crippen LogP contribution in [-0.4, -0.2) is 140 Å². The van der Waals surface area contributed by atoms with Crippen molar-refractivity contribution in [2.45, 2.75) is 370 Å². The molecular weight excluding hydrogens is 1090 g/mol. The third-order valence-electron chi connectivity index (χ3n) is 17.2. The quantitative estimate of drug-likeness (QED) is 0.0204. The van der Waals surface area contributed by atoms with Gasteiger partial charge in [0, 0.05) is 6.42 Å². The van der Waals surface area contributed by atoms with Gasteiger partial charge in [-0.25, -0.2) is 0 Å². The average molecular weight is 1220 g/mol. The van der Waals surface area contributed by atoms with Crippen molar-refractivity contribution in [1.29, 1.82) is 0 Å². The SMILES string of the molecule is CCCCC/C=C\C/C=C\C/C=C\CCCCCCCCC(=O)NC(COC1OC(CO)C(OC2OC(CO)C(O)C(O)C2O)C(O)C1O)C(O)/C=C/CC/C=C/CCCCCCCCCCCCCCCCCCCCCCCCCCCCC. The fourth-order valence-electron chi connectivity index (χ4n) is 11.5. The summed E-state index contributed by atoms with van der Waals surface area (Å²) < 4.78 is 22.8. The van der Waals surface area contributed by atoms with Gasteiger partial charge in [-0.3, -0.25) is 4.79 Å². The normalized spacial score (nSPS) is 23.7. The lowest BCUT2D eigenvalue weighted by Crippen LogP contribution is -2.65. The monoisotopic (exact) mass is 1220 g/mol. The Balaban J connectivity index is 1.67. The van der Waals surface area contributed by atoms with Crippen molar-refractivity contribution < 1.29 is 64.6 Å². The van der Waals surface area contributed by atoms with E-state index in [0.29, 0.717) is 12.8 Å². The van der Waals surface area contributed by atoms with Crippen molar-refractivity contribution in [3.63, 3.8) is 0 Å². The average Bonchev–Trinajstić information content (AvgIpc) is 2.46. The van der Waals surface area contributed by atoms with E-state index < -0.39 is 86.8 Å². The molecule has 0 aromatic carbocycles. The standard InChI is InChI=1S/C72H131NO13/c1-3-5-7-9-11-13-15-17-19-21-23-24-25-26-27-28-29-30-31-32-33-34-35-36-38-39-41-43-45-47-49-51-53-55-61(76)60(73-64(77)56-54-52-50-48-46-44-42-40-37-22-20-18-16-14-12-10-8-6-4-2)59-83-71-69(82)67(80)70(63(58-75)85-71)86-72-68(81)66(79)65(78)62(57-74)84-72/h12,14,18,20,37,40,45,47,53,55,60-63,65-72,74-76,78-82H,3-11,13,15-17,19,21-36,38-39,41-44,46,48-52,54,56-59H2,1-2H3,(H,73,77)/b14-12-,20-18-,40-37-,47-45+,55-53+. The van der Waals surface area contributed by atoms with E-state index >= 15 is 0 Å². The predicted octanol–water partition coefficient (Wildman–Crippen LogP) is 14.5. The molecule has 0 aliphatic carbocycles. The number of nitrogens with one attached hydrogen (secondary N) is 1. The van der Waals surface area contributed by atoms with Crippen LogP contribution < -0.4 is 5.32 Å². The van der Waals surface area contributed by atoms with E-state index in [2.05, 4.69) is 67.8 Å². The van der Waals surface area contributed by atoms with Crippen molar-refractivity contribution in [3.05, 3.63) is 60.8 Å². The molecule has 0 bridgehead atoms. The van der Waals surface area contributed by atoms with Crippen LogP contribution in [-0.2, 0) is 23.7 Å². The van der Waals surface area contributed by atoms with Gasteiger partial charge < -0.3 is 65.1 Å². The summed E-state index contributed by atoms with van der Waals surface area (Å²) in [5.74, 6) is -0.260. The Hall–Kier alpha value is -2.31. The molecule has 0 aromatic rings. The Morgan fingerprint density at radius 3 is 1.24 bits per heavy atom. The molecule has 0 radical (unpaired) electrons. The number of carbonyl (C=O) groups is 1. The van der Waals surface area contributed by atoms with Gasteiger partial charge in [-0.1, -0.05) is 280 Å². The Labute approximate surface area is 524 Å². The topological polar surface area (TPSA) is 228 Å². The number of aliphatic hydroxyl groups excluding tert-OH is 8. The molecule has 14 heteroatoms. The lowest BCUT2D eigenvalue weighted by atomic mass is 9.97. The molecule has 0 aromatic heterocycles. The summed E-state index contributed by atoms with van der Waals surface area (Å²) in [6.45, 7) is 2.77. The zero-order chi connectivity index (χ0) is 62.3. The second-order valence-corrected chi connectivity index (χ2v) is 25.0. The molecule has 0 saturated carbocycles. The van der Waals surface area contributed by atoms with Crippen LogP contribution in [0.3, 0.4) is 0 Å². The number of rotatable bonds is 58. The van der Waals surface area contributed by atoms with E-state index in [0.717, 1.165) is 64.2 Å². The van der Waals surface area contributed by atoms with E-state index in [1.54, 1.807) is 6.08 Å². The number of hydrogen-bond donors (Lipinski definition) is 9. The molecule has 2 saturated heterocycles. The number of aliphatic hydroxyl groups is 8. The third kappa shape index (κ3) is 40.4. The van der Waals surface area contributed by atoms with Crippen LogP contribution in [0.1, 0.15) is 296 Å². The van der Waals surface area contributed by atoms with Crippen LogP contribution in [0.15, 0.2) is 60.8 Å². The molecule has 2 fully saturated rings. The maximum absolute atomic E-state index is 13.3. The molecule has 2 aliphatic rings. The number of hydrogen-bond acceptors (Lipinski definition) is 13. The highest BCUT2D eigenvalue weighted by Crippen LogP contribution is 2.30. The zero-order valence-corrected chi connectivity index (χ0v) is 54.6. The Morgan fingerprint density at radius 1 is 0.419 bits per heavy atom. The van der Waals surface area contributed by atoms with E-state index in [4.69, 9.17) is 18.9 Å². The van der Waals surface area contributed by atoms with E-state index in [1.807, 2.05) is 6.08 Å². The van der Waals surface area contributed by atoms with Gasteiger partial charge in [0.1, 0.15) is 48.8 Å². The molecule has 2 aliphatic heterocycles. The Kier molecular flexibility index (Phi) is 52.6. The first-order chi connectivity index (χ1) is 42.1. The van der Waals surface area contributed by atoms with Crippen LogP contribution >= 0.6 is 0 Å². The van der Waals surface area contributed by atoms with Gasteiger partial charge >= 0.3 is 0 Å². The summed E-state index contributed by atoms with van der Waals surface area (Å²) in [5, 5.41) is 87.4. The summed E-state index contributed by atoms with van der Waals surface area (Å²) in [5.41, 5.74) is 0. The maximum Gasteiger partial charge on any atom is 0.220 e. The lowest BCUT2D eigenvalue weighted by Gasteiger charge is -2.46. The summed E-state index contributed by atoms with van der Waals surface area (Å²) in [6.07, 6.45) is 58.6. The minimum Gasteiger partial charge on any atom is -0.394 e. The van der Waals surface area contributed by atoms with Gasteiger partial charge in [0.2, 0.25) is 5.91 Å². The first-order valence-electron chi connectivity index (χ1n) is 35.5. The molecule has 2 rings (SSSR count). The van der Waals surface area contributed by atoms with Gasteiger partial charge in [-0.15, -0.1) is 0 Å². The second-order valence-electron chi connectivity index (χ2n) is 25.0. The molecule has 1 amide bonds. The first kappa shape index (κ1) is 79.8. The largest absolute Gasteiger partial charge is 0.394 e. The summed E-state index contributed by atoms with van der Waals surface area (Å²) in [6, 6.07) is -0.943. The van der Waals surface area contributed by atoms with Gasteiger partial charge in [0.25, 0.3) is 0 Å². The lowest BCUT2D eigenvalue weighted by molar-refractivity contribution is -0.359. The summed E-state index contributed by atoms with van der Waals surface area (Å²) in [7, 11) is 0. The highest BCUT2D eigenvalue weighted by atomic mass is 16.7. The molecule has 2 heterocycles. The van der Waals surface area contributed by atoms with E-state index in [-0.39, 0.29) is 18.9 Å². The van der Waals surface area contributed by atoms with E-state index in [9.17, 15) is 45.6 Å². The molecule has 9 N–H and O–H groups in total. The van der Waals surface area contributed by atoms with Crippen molar-refractivity contribution >= 4 is 5.91 Å². The minimum atomic E-state index is -1.80. The molecule has 12 unspecified atom stereocenters. The molecule has 14 nitrogen and oxygen atoms in total. The number of unbranched alkanes of at least 4 members (excludes halogenated alkanes) is 37. The summed E-state index contributed by atoms with van der Waals surface area (Å²) in [4.78, 5) is 13.3. The Bertz CT molecular complexity index is 1670. The number of amides is 1. The number of carbonyl (C=O) groups excluding carboxylic acids is 1. The van der Waals surface area contributed by atoms with Gasteiger partial charge in [0.15, 0.2) is 12.6 Å². The van der Waals surface area contributed by atoms with Crippen molar-refractivity contribution in [3.8, 4) is 0 Å². The number of ether oxygens (including phenoxy) is 4. The minimum absolute atomic E-state index is 0.257. The van der Waals surface area contributed by atoms with Crippen LogP contribution in [0, 0.1) is 0 Å². The van der Waals surface area contributed by atoms with Gasteiger partial charge in [-0.2, -0.15) is 0 Å². The fraction of sp³-hybridized carbons (Fsp3) is 0.847. The van der Waals surface area contributed by atoms with Crippen LogP contribution in [0.5, 0.6) is 0 Å². The van der Waals surface area contributed by atoms with Gasteiger partial charge in [0.05, 0.1) is 32.0 Å². The van der Waals surface area contributed by atoms with Crippen LogP contribution in [0.25, 0.3) is 0 Å². The molecule has 502 valence electrons. The Morgan fingerprint density at radius 2 is 0.779 bits per heavy atom. The molecular formula is C72H131NO13. The second kappa shape index (κ2) is 56.7. The smallest absolute Gasteiger partial charge is 0.220 e. The highest BCUT2D eigenvalue weighted by Gasteiger charge is 2.51. The fourth-order valence-corrected chi connectivity index (χ4v) is 11.5. The van der Waals surface area contributed by atoms with Crippen LogP contribution in [0.4, 0.5) is 0 Å². The van der Waals surface area contributed by atoms with Crippen molar-refractivity contribution in [2.24, 2.45) is 0 Å². The molecule has 86 heavy (non-hydrogen) atoms. The van der Waals surface area contributed by atoms with E-state index in [1.165, 1.54) is 199 Å². The third-order valence-corrected chi connectivity index (χ3v) is 17.2. The molecule has 12 atom stereocenters. The van der Waals surface area contributed by atoms with Gasteiger partial charge in [-0.05, 0) is 70.6 Å². The zero-order valence-electron chi connectivity index (χ0n) is 54.6. The summed E-state index contributed by atoms with van der Waals surface area (Å²) >= 11 is 0. The number of allylic oxidation sites excluding steroid dienone is 9. The predicted molar refractivity (Wildman–Crippen MR) is 350 cm³/mol. The maximum atomic E-state index is 13.3. The van der Waals surface area contributed by atoms with Crippen molar-refractivity contribution in [2.75, 3.05) is 19.8 Å². The first-order valence-corrected chi connectivity index (χ1v) is 35.5. The van der Waals surface area contributed by atoms with Crippen molar-refractivity contribution in [1.82, 2.24) is 5.32 Å². The highest BCUT2D eigenvalue weighted by molar-refractivity contribution is 5.76.